The Morgan fingerprint density at radius 1 is 0.731 bits per heavy atom. The van der Waals surface area contributed by atoms with E-state index in [1.165, 1.54) is 0 Å². The molecule has 0 radical (unpaired) electrons. The molecule has 278 valence electrons. The summed E-state index contributed by atoms with van der Waals surface area (Å²) >= 11 is 3.34. The normalized spacial score (nSPS) is 18.0. The highest BCUT2D eigenvalue weighted by Gasteiger charge is 2.53. The van der Waals surface area contributed by atoms with E-state index in [9.17, 15) is 9.59 Å². The first-order valence-electron chi connectivity index (χ1n) is 17.2. The first-order chi connectivity index (χ1) is 24.2. The molecule has 4 aromatic rings. The average Bonchev–Trinajstić information content (AvgIpc) is 3.86. The number of carbonyl (C=O) groups is 2. The third-order valence-electron chi connectivity index (χ3n) is 8.69. The monoisotopic (exact) mass is 778 g/mol. The number of rotatable bonds is 2. The summed E-state index contributed by atoms with van der Waals surface area (Å²) in [5.74, 6) is 0. The zero-order valence-corrected chi connectivity index (χ0v) is 33.1. The van der Waals surface area contributed by atoms with Gasteiger partial charge in [0, 0.05) is 30.7 Å². The van der Waals surface area contributed by atoms with Gasteiger partial charge < -0.3 is 28.6 Å². The predicted molar refractivity (Wildman–Crippen MR) is 203 cm³/mol. The van der Waals surface area contributed by atoms with E-state index in [4.69, 9.17) is 18.8 Å². The fourth-order valence-electron chi connectivity index (χ4n) is 5.29. The van der Waals surface area contributed by atoms with Crippen LogP contribution in [0.4, 0.5) is 9.59 Å². The second-order valence-corrected chi connectivity index (χ2v) is 16.7. The number of nitrogens with one attached hydrogen (secondary N) is 2. The van der Waals surface area contributed by atoms with Gasteiger partial charge in [-0.2, -0.15) is 30.8 Å². The minimum Gasteiger partial charge on any atom is -0.444 e. The minimum absolute atomic E-state index is 0.281. The van der Waals surface area contributed by atoms with Crippen LogP contribution in [0.2, 0.25) is 0 Å². The molecular formula is C36H48BBrN8O6. The molecule has 1 saturated heterocycles. The van der Waals surface area contributed by atoms with Crippen molar-refractivity contribution in [3.05, 3.63) is 64.1 Å². The molecule has 1 fully saturated rings. The molecule has 0 atom stereocenters. The van der Waals surface area contributed by atoms with Gasteiger partial charge in [-0.25, -0.2) is 9.59 Å². The quantitative estimate of drug-likeness (QED) is 0.201. The number of nitrogens with zero attached hydrogens (tertiary/aromatic N) is 6. The Morgan fingerprint density at radius 2 is 1.21 bits per heavy atom. The average molecular weight is 780 g/mol. The Kier molecular flexibility index (Phi) is 11.2. The summed E-state index contributed by atoms with van der Waals surface area (Å²) in [6.07, 6.45) is 3.46. The summed E-state index contributed by atoms with van der Waals surface area (Å²) in [7, 11) is -0.387. The van der Waals surface area contributed by atoms with Gasteiger partial charge in [0.05, 0.1) is 11.2 Å². The number of benzene rings is 2. The van der Waals surface area contributed by atoms with Gasteiger partial charge in [-0.05, 0) is 116 Å². The van der Waals surface area contributed by atoms with Gasteiger partial charge >= 0.3 is 19.3 Å². The maximum Gasteiger partial charge on any atom is 0.492 e. The van der Waals surface area contributed by atoms with Gasteiger partial charge in [0.25, 0.3) is 0 Å². The zero-order chi connectivity index (χ0) is 38.1. The molecule has 5 heterocycles. The van der Waals surface area contributed by atoms with Gasteiger partial charge in [-0.15, -0.1) is 0 Å². The van der Waals surface area contributed by atoms with Crippen molar-refractivity contribution < 1.29 is 28.4 Å². The van der Waals surface area contributed by atoms with Crippen LogP contribution in [0.5, 0.6) is 0 Å². The van der Waals surface area contributed by atoms with Crippen molar-refractivity contribution in [2.24, 2.45) is 0 Å². The minimum atomic E-state index is -0.482. The largest absolute Gasteiger partial charge is 0.492 e. The van der Waals surface area contributed by atoms with Crippen LogP contribution < -0.4 is 0 Å². The number of carbonyl (C=O) groups excluding carboxylic acids is 2. The lowest BCUT2D eigenvalue weighted by Gasteiger charge is -2.32. The molecule has 2 amide bonds. The molecule has 0 unspecified atom stereocenters. The number of hydrogen-bond donors (Lipinski definition) is 2. The molecule has 3 aliphatic heterocycles. The number of H-pyrrole nitrogens is 2. The predicted octanol–water partition coefficient (Wildman–Crippen LogP) is 7.11. The third-order valence-corrected chi connectivity index (χ3v) is 9.18. The standard InChI is InChI=1S/C15H26BNO4.C15H18N4O2.C6H4BrN3/c1-13(2,3)19-12(18)17-9-8-11(10-17)16-20-14(4,5)15(6,7)21-16;1-15(2,3)21-14(20)19-7-6-11(9-19)10-4-5-12-13(8-10)17-18-16-12;7-4-1-2-5-6(3-4)9-10-8-5/h8H,9-10H2,1-7H3;4-6,8H,7,9H2,1-3H3,(H,16,17,18);1-3H,(H,8,9,10). The van der Waals surface area contributed by atoms with Crippen LogP contribution in [0.25, 0.3) is 27.6 Å². The highest BCUT2D eigenvalue weighted by Crippen LogP contribution is 2.39. The summed E-state index contributed by atoms with van der Waals surface area (Å²) in [5.41, 5.74) is 4.90. The highest BCUT2D eigenvalue weighted by atomic mass is 79.9. The number of hydrogen-bond acceptors (Lipinski definition) is 10. The van der Waals surface area contributed by atoms with Crippen LogP contribution in [0.1, 0.15) is 74.8 Å². The molecule has 0 bridgehead atoms. The van der Waals surface area contributed by atoms with Crippen molar-refractivity contribution in [2.45, 2.75) is 91.6 Å². The second kappa shape index (κ2) is 15.0. The Labute approximate surface area is 312 Å². The molecule has 14 nitrogen and oxygen atoms in total. The van der Waals surface area contributed by atoms with E-state index >= 15 is 0 Å². The Bertz CT molecular complexity index is 1960. The number of amides is 2. The van der Waals surface area contributed by atoms with Crippen molar-refractivity contribution in [3.8, 4) is 0 Å². The van der Waals surface area contributed by atoms with Crippen molar-refractivity contribution in [1.29, 1.82) is 0 Å². The number of aromatic amines is 2. The highest BCUT2D eigenvalue weighted by molar-refractivity contribution is 9.10. The van der Waals surface area contributed by atoms with Crippen LogP contribution >= 0.6 is 15.9 Å². The summed E-state index contributed by atoms with van der Waals surface area (Å²) in [6.45, 7) is 21.4. The van der Waals surface area contributed by atoms with Crippen LogP contribution in [-0.4, -0.2) is 109 Å². The topological polar surface area (TPSA) is 161 Å². The van der Waals surface area contributed by atoms with Crippen molar-refractivity contribution in [2.75, 3.05) is 26.2 Å². The Balaban J connectivity index is 0.000000160. The Morgan fingerprint density at radius 3 is 1.77 bits per heavy atom. The van der Waals surface area contributed by atoms with Crippen molar-refractivity contribution >= 4 is 62.9 Å². The van der Waals surface area contributed by atoms with Crippen LogP contribution in [0.15, 0.2) is 58.5 Å². The third kappa shape index (κ3) is 9.78. The maximum atomic E-state index is 12.1. The molecule has 7 rings (SSSR count). The fraction of sp³-hybridized carbons (Fsp3) is 0.500. The lowest BCUT2D eigenvalue weighted by molar-refractivity contribution is 0.00578. The van der Waals surface area contributed by atoms with Crippen LogP contribution in [-0.2, 0) is 18.8 Å². The summed E-state index contributed by atoms with van der Waals surface area (Å²) in [6, 6.07) is 11.6. The molecule has 0 aliphatic carbocycles. The van der Waals surface area contributed by atoms with E-state index in [-0.39, 0.29) is 30.5 Å². The van der Waals surface area contributed by atoms with Crippen molar-refractivity contribution in [3.63, 3.8) is 0 Å². The smallest absolute Gasteiger partial charge is 0.444 e. The fourth-order valence-corrected chi connectivity index (χ4v) is 5.64. The molecule has 0 spiro atoms. The number of ether oxygens (including phenoxy) is 2. The molecule has 2 N–H and O–H groups in total. The molecule has 2 aromatic carbocycles. The molecule has 0 saturated carbocycles. The lowest BCUT2D eigenvalue weighted by atomic mass is 9.79. The van der Waals surface area contributed by atoms with Gasteiger partial charge in [0.1, 0.15) is 33.3 Å². The van der Waals surface area contributed by atoms with E-state index < -0.39 is 11.2 Å². The van der Waals surface area contributed by atoms with Gasteiger partial charge in [-0.3, -0.25) is 0 Å². The second-order valence-electron chi connectivity index (χ2n) is 15.8. The number of fused-ring (bicyclic) bond motifs is 2. The number of halogens is 1. The van der Waals surface area contributed by atoms with E-state index in [1.807, 2.05) is 118 Å². The first kappa shape index (κ1) is 38.9. The van der Waals surface area contributed by atoms with E-state index in [1.54, 1.807) is 9.80 Å². The zero-order valence-electron chi connectivity index (χ0n) is 31.5. The van der Waals surface area contributed by atoms with Crippen LogP contribution in [0.3, 0.4) is 0 Å². The van der Waals surface area contributed by atoms with Crippen LogP contribution in [0, 0.1) is 0 Å². The van der Waals surface area contributed by atoms with Gasteiger partial charge in [0.2, 0.25) is 0 Å². The molecule has 3 aliphatic rings. The SMILES string of the molecule is Brc1ccc2n[nH]nc2c1.CC(C)(C)OC(=O)N1CC=C(B2OC(C)(C)C(C)(C)O2)C1.CC(C)(C)OC(=O)N1CC=C(c2ccc3n[nH]nc3c2)C1. The van der Waals surface area contributed by atoms with Crippen molar-refractivity contribution in [1.82, 2.24) is 40.6 Å². The number of aromatic nitrogens is 6. The van der Waals surface area contributed by atoms with E-state index in [0.29, 0.717) is 26.2 Å². The summed E-state index contributed by atoms with van der Waals surface area (Å²) < 4.78 is 23.8. The van der Waals surface area contributed by atoms with Gasteiger partial charge in [0.15, 0.2) is 0 Å². The first-order valence-corrected chi connectivity index (χ1v) is 18.0. The molecule has 2 aromatic heterocycles. The Hall–Kier alpha value is -4.28. The van der Waals surface area contributed by atoms with Gasteiger partial charge in [-0.1, -0.05) is 34.1 Å². The molecule has 52 heavy (non-hydrogen) atoms. The lowest BCUT2D eigenvalue weighted by Crippen LogP contribution is -2.41. The van der Waals surface area contributed by atoms with E-state index in [2.05, 4.69) is 46.8 Å². The molecular weight excluding hydrogens is 731 g/mol. The molecule has 16 heteroatoms. The maximum absolute atomic E-state index is 12.1. The summed E-state index contributed by atoms with van der Waals surface area (Å²) in [4.78, 5) is 27.5. The summed E-state index contributed by atoms with van der Waals surface area (Å²) in [5, 5.41) is 21.1. The van der Waals surface area contributed by atoms with E-state index in [0.717, 1.165) is 43.1 Å².